The smallest absolute Gasteiger partial charge is 0.198 e. The molecule has 0 heterocycles. The van der Waals surface area contributed by atoms with Crippen molar-refractivity contribution in [2.24, 2.45) is 0 Å². The fraction of sp³-hybridized carbons (Fsp3) is 0. The van der Waals surface area contributed by atoms with Crippen molar-refractivity contribution in [2.45, 2.75) is 0 Å². The van der Waals surface area contributed by atoms with Crippen LogP contribution in [-0.2, 0) is 0 Å². The molecule has 0 saturated heterocycles. The molecule has 1 rings (SSSR count). The summed E-state index contributed by atoms with van der Waals surface area (Å²) in [6, 6.07) is 3.81. The molecule has 10 heavy (non-hydrogen) atoms. The first-order valence-corrected chi connectivity index (χ1v) is 2.92. The third-order valence-corrected chi connectivity index (χ3v) is 1.25. The highest BCUT2D eigenvalue weighted by Gasteiger charge is 2.12. The Balaban J connectivity index is 3.23. The van der Waals surface area contributed by atoms with Crippen LogP contribution in [0.25, 0.3) is 4.98 Å². The zero-order valence-electron chi connectivity index (χ0n) is 4.88. The lowest BCUT2D eigenvalue weighted by Gasteiger charge is -1.83. The molecule has 0 N–H and O–H groups in total. The van der Waals surface area contributed by atoms with Crippen molar-refractivity contribution in [3.8, 4) is 0 Å². The Morgan fingerprint density at radius 1 is 1.50 bits per heavy atom. The van der Waals surface area contributed by atoms with Gasteiger partial charge in [-0.1, -0.05) is 11.6 Å². The summed E-state index contributed by atoms with van der Waals surface area (Å²) in [6.45, 7) is 0. The van der Waals surface area contributed by atoms with E-state index in [0.717, 1.165) is 6.07 Å². The van der Waals surface area contributed by atoms with Gasteiger partial charge in [-0.05, 0) is 6.07 Å². The van der Waals surface area contributed by atoms with Crippen LogP contribution in [0.1, 0.15) is 0 Å². The second-order valence-corrected chi connectivity index (χ2v) is 2.13. The number of hydrogen-bond acceptors (Lipinski definition) is 1. The van der Waals surface area contributed by atoms with Crippen molar-refractivity contribution in [2.75, 3.05) is 0 Å². The molecule has 0 amide bonds. The molecule has 1 aromatic rings. The van der Waals surface area contributed by atoms with Gasteiger partial charge in [0.1, 0.15) is 0 Å². The lowest BCUT2D eigenvalue weighted by Crippen LogP contribution is -1.71. The van der Waals surface area contributed by atoms with Gasteiger partial charge >= 0.3 is 5.69 Å². The van der Waals surface area contributed by atoms with Crippen LogP contribution < -0.4 is 0 Å². The quantitative estimate of drug-likeness (QED) is 0.532. The van der Waals surface area contributed by atoms with E-state index in [4.69, 9.17) is 17.0 Å². The molecule has 0 aliphatic carbocycles. The van der Waals surface area contributed by atoms with Gasteiger partial charge in [-0.3, -0.25) is 0 Å². The first kappa shape index (κ1) is 6.97. The van der Waals surface area contributed by atoms with E-state index in [-0.39, 0.29) is 10.7 Å². The van der Waals surface area contributed by atoms with Gasteiger partial charge in [0, 0.05) is 17.2 Å². The number of rotatable bonds is 0. The van der Waals surface area contributed by atoms with E-state index in [1.165, 1.54) is 12.1 Å². The second kappa shape index (κ2) is 2.63. The fourth-order valence-electron chi connectivity index (χ4n) is 0.562. The highest BCUT2D eigenvalue weighted by atomic mass is 35.5. The monoisotopic (exact) mass is 157 g/mol. The van der Waals surface area contributed by atoms with Gasteiger partial charge in [0.2, 0.25) is 11.2 Å². The van der Waals surface area contributed by atoms with Gasteiger partial charge in [-0.2, -0.15) is 4.39 Å². The fourth-order valence-corrected chi connectivity index (χ4v) is 0.721. The van der Waals surface area contributed by atoms with Gasteiger partial charge < -0.3 is 0 Å². The molecule has 0 aliphatic heterocycles. The predicted octanol–water partition coefficient (Wildman–Crippen LogP) is 2.96. The normalized spacial score (nSPS) is 8.90. The van der Waals surface area contributed by atoms with Crippen molar-refractivity contribution in [1.82, 2.24) is 0 Å². The number of halogens is 2. The molecule has 0 fully saturated rings. The van der Waals surface area contributed by atoms with Crippen LogP contribution in [0.3, 0.4) is 0 Å². The summed E-state index contributed by atoms with van der Waals surface area (Å²) < 4.78 is 12.5. The molecule has 0 unspecified atom stereocenters. The molecule has 0 saturated carbocycles. The summed E-state index contributed by atoms with van der Waals surface area (Å²) in [5.74, 6) is -0.630. The van der Waals surface area contributed by atoms with Crippen molar-refractivity contribution < 1.29 is 4.39 Å². The molecule has 0 spiro atoms. The maximum absolute atomic E-state index is 12.5. The molecule has 0 bridgehead atoms. The Bertz CT molecular complexity index is 292. The van der Waals surface area contributed by atoms with Gasteiger partial charge in [0.15, 0.2) is 4.98 Å². The lowest BCUT2D eigenvalue weighted by atomic mass is 10.3. The van der Waals surface area contributed by atoms with Crippen LogP contribution in [0.5, 0.6) is 0 Å². The Morgan fingerprint density at radius 3 is 2.70 bits per heavy atom. The van der Waals surface area contributed by atoms with Crippen molar-refractivity contribution in [1.29, 1.82) is 5.39 Å². The molecule has 1 aromatic carbocycles. The largest absolute Gasteiger partial charge is 0.420 e. The van der Waals surface area contributed by atoms with Crippen LogP contribution in [0.2, 0.25) is 5.02 Å². The third-order valence-electron chi connectivity index (χ3n) is 1.02. The van der Waals surface area contributed by atoms with Gasteiger partial charge in [-0.15, -0.1) is 0 Å². The molecular formula is C6H3ClFN2+. The number of benzene rings is 1. The van der Waals surface area contributed by atoms with E-state index in [2.05, 4.69) is 4.98 Å². The van der Waals surface area contributed by atoms with Crippen LogP contribution >= 0.6 is 11.6 Å². The topological polar surface area (TPSA) is 28.1 Å². The van der Waals surface area contributed by atoms with E-state index >= 15 is 0 Å². The van der Waals surface area contributed by atoms with Gasteiger partial charge in [0.25, 0.3) is 0 Å². The molecule has 50 valence electrons. The average Bonchev–Trinajstić information content (AvgIpc) is 1.88. The molecule has 4 heteroatoms. The highest BCUT2D eigenvalue weighted by molar-refractivity contribution is 6.30. The molecule has 0 radical (unpaired) electrons. The Labute approximate surface area is 61.9 Å². The van der Waals surface area contributed by atoms with E-state index in [9.17, 15) is 4.39 Å². The predicted molar refractivity (Wildman–Crippen MR) is 36.2 cm³/mol. The molecular weight excluding hydrogens is 155 g/mol. The van der Waals surface area contributed by atoms with Gasteiger partial charge in [0.05, 0.1) is 0 Å². The molecule has 0 aromatic heterocycles. The number of nitrogens with zero attached hydrogens (tertiary/aromatic N) is 2. The Hall–Kier alpha value is -1.14. The molecule has 2 nitrogen and oxygen atoms in total. The molecule has 0 atom stereocenters. The first-order valence-electron chi connectivity index (χ1n) is 2.54. The first-order chi connectivity index (χ1) is 4.74. The Kier molecular flexibility index (Phi) is 1.83. The summed E-state index contributed by atoms with van der Waals surface area (Å²) in [5, 5.41) is 8.43. The van der Waals surface area contributed by atoms with Crippen molar-refractivity contribution >= 4 is 17.3 Å². The lowest BCUT2D eigenvalue weighted by molar-refractivity contribution is 0.633. The van der Waals surface area contributed by atoms with Crippen LogP contribution in [-0.4, -0.2) is 0 Å². The van der Waals surface area contributed by atoms with Crippen LogP contribution in [0.4, 0.5) is 10.1 Å². The maximum Gasteiger partial charge on any atom is 0.420 e. The van der Waals surface area contributed by atoms with Crippen molar-refractivity contribution in [3.05, 3.63) is 34.0 Å². The Morgan fingerprint density at radius 2 is 2.20 bits per heavy atom. The zero-order chi connectivity index (χ0) is 7.56. The summed E-state index contributed by atoms with van der Waals surface area (Å²) in [7, 11) is 0. The van der Waals surface area contributed by atoms with E-state index in [1.807, 2.05) is 0 Å². The van der Waals surface area contributed by atoms with Crippen molar-refractivity contribution in [3.63, 3.8) is 0 Å². The number of diazo groups is 1. The summed E-state index contributed by atoms with van der Waals surface area (Å²) in [4.78, 5) is 2.68. The minimum atomic E-state index is -0.630. The molecule has 0 aliphatic rings. The second-order valence-electron chi connectivity index (χ2n) is 1.70. The van der Waals surface area contributed by atoms with Crippen LogP contribution in [0, 0.1) is 11.2 Å². The van der Waals surface area contributed by atoms with Gasteiger partial charge in [-0.25, -0.2) is 0 Å². The SMILES string of the molecule is N#[N+]c1ccc(Cl)cc1F. The van der Waals surface area contributed by atoms with Crippen LogP contribution in [0.15, 0.2) is 18.2 Å². The summed E-state index contributed by atoms with van der Waals surface area (Å²) in [5.41, 5.74) is -0.107. The standard InChI is InChI=1S/C6H3ClFN2/c7-4-1-2-6(10-9)5(8)3-4/h1-3H/q+1. The minimum Gasteiger partial charge on any atom is -0.198 e. The minimum absolute atomic E-state index is 0.107. The average molecular weight is 158 g/mol. The van der Waals surface area contributed by atoms with E-state index < -0.39 is 5.82 Å². The third kappa shape index (κ3) is 1.23. The summed E-state index contributed by atoms with van der Waals surface area (Å²) in [6.07, 6.45) is 0. The summed E-state index contributed by atoms with van der Waals surface area (Å²) >= 11 is 5.41. The van der Waals surface area contributed by atoms with E-state index in [0.29, 0.717) is 0 Å². The maximum atomic E-state index is 12.5. The number of hydrogen-bond donors (Lipinski definition) is 0. The van der Waals surface area contributed by atoms with E-state index in [1.54, 1.807) is 0 Å². The highest BCUT2D eigenvalue weighted by Crippen LogP contribution is 2.20. The zero-order valence-corrected chi connectivity index (χ0v) is 5.64.